The molecular weight excluding hydrogens is 78.0 g/mol. The maximum atomic E-state index is 4.47. The lowest BCUT2D eigenvalue weighted by Gasteiger charge is -1.77. The Balaban J connectivity index is 2.94. The Bertz CT molecular complexity index is 58.6. The molecule has 0 aromatic rings. The van der Waals surface area contributed by atoms with E-state index < -0.39 is 0 Å². The molecule has 0 amide bonds. The first-order chi connectivity index (χ1) is 2.91. The highest BCUT2D eigenvalue weighted by Crippen LogP contribution is 1.68. The Morgan fingerprint density at radius 3 is 2.67 bits per heavy atom. The van der Waals surface area contributed by atoms with Crippen LogP contribution in [0.1, 0.15) is 0 Å². The molecule has 6 heavy (non-hydrogen) atoms. The number of aliphatic imine (C=N–C) groups is 1. The van der Waals surface area contributed by atoms with Gasteiger partial charge < -0.3 is 4.74 Å². The third kappa shape index (κ3) is 3.21. The molecule has 0 saturated heterocycles. The van der Waals surface area contributed by atoms with E-state index in [1.807, 2.05) is 0 Å². The number of hydrogen-bond acceptors (Lipinski definition) is 2. The fourth-order valence-electron chi connectivity index (χ4n) is 0.104. The van der Waals surface area contributed by atoms with Gasteiger partial charge in [0.15, 0.2) is 0 Å². The monoisotopic (exact) mass is 85.1 g/mol. The summed E-state index contributed by atoms with van der Waals surface area (Å²) in [5, 5.41) is 0. The fourth-order valence-corrected chi connectivity index (χ4v) is 0.104. The first kappa shape index (κ1) is 5.21. The Kier molecular flexibility index (Phi) is 3.66. The summed E-state index contributed by atoms with van der Waals surface area (Å²) in [6.45, 7) is 3.18. The van der Waals surface area contributed by atoms with Gasteiger partial charge in [-0.25, -0.2) is 0 Å². The maximum absolute atomic E-state index is 4.47. The van der Waals surface area contributed by atoms with Crippen molar-refractivity contribution in [1.29, 1.82) is 0 Å². The molecule has 0 rings (SSSR count). The lowest BCUT2D eigenvalue weighted by molar-refractivity contribution is 0.337. The van der Waals surface area contributed by atoms with E-state index in [0.29, 0.717) is 0 Å². The fraction of sp³-hybridized carbons (Fsp3) is 0.250. The summed E-state index contributed by atoms with van der Waals surface area (Å²) in [5.41, 5.74) is 0. The number of rotatable bonds is 2. The quantitative estimate of drug-likeness (QED) is 0.359. The van der Waals surface area contributed by atoms with Crippen molar-refractivity contribution in [2.75, 3.05) is 7.11 Å². The van der Waals surface area contributed by atoms with Crippen molar-refractivity contribution in [2.24, 2.45) is 4.99 Å². The highest BCUT2D eigenvalue weighted by Gasteiger charge is 1.52. The minimum atomic E-state index is 1.45. The summed E-state index contributed by atoms with van der Waals surface area (Å²) in [4.78, 5) is 3.37. The van der Waals surface area contributed by atoms with Gasteiger partial charge in [-0.15, -0.1) is 0 Å². The SMILES string of the molecule is C=NC=COC. The van der Waals surface area contributed by atoms with Gasteiger partial charge in [-0.3, -0.25) is 4.99 Å². The zero-order valence-corrected chi connectivity index (χ0v) is 3.72. The molecule has 0 heterocycles. The van der Waals surface area contributed by atoms with Gasteiger partial charge in [-0.2, -0.15) is 0 Å². The first-order valence-corrected chi connectivity index (χ1v) is 1.55. The van der Waals surface area contributed by atoms with Gasteiger partial charge in [0.1, 0.15) is 6.26 Å². The van der Waals surface area contributed by atoms with Gasteiger partial charge in [0.25, 0.3) is 0 Å². The number of nitrogens with zero attached hydrogens (tertiary/aromatic N) is 1. The highest BCUT2D eigenvalue weighted by molar-refractivity contribution is 5.25. The Hall–Kier alpha value is -0.790. The van der Waals surface area contributed by atoms with Crippen molar-refractivity contribution in [3.8, 4) is 0 Å². The largest absolute Gasteiger partial charge is 0.503 e. The van der Waals surface area contributed by atoms with Gasteiger partial charge in [0.2, 0.25) is 0 Å². The van der Waals surface area contributed by atoms with Gasteiger partial charge in [0.05, 0.1) is 13.3 Å². The molecule has 2 heteroatoms. The van der Waals surface area contributed by atoms with E-state index in [1.165, 1.54) is 12.5 Å². The minimum absolute atomic E-state index is 1.45. The topological polar surface area (TPSA) is 21.6 Å². The zero-order valence-electron chi connectivity index (χ0n) is 3.72. The zero-order chi connectivity index (χ0) is 4.83. The van der Waals surface area contributed by atoms with Crippen molar-refractivity contribution in [1.82, 2.24) is 0 Å². The second kappa shape index (κ2) is 4.21. The lowest BCUT2D eigenvalue weighted by Crippen LogP contribution is -1.59. The summed E-state index contributed by atoms with van der Waals surface area (Å²) in [5.74, 6) is 0. The molecule has 0 saturated carbocycles. The molecule has 0 aromatic carbocycles. The lowest BCUT2D eigenvalue weighted by atomic mass is 11.0. The van der Waals surface area contributed by atoms with Crippen molar-refractivity contribution in [3.63, 3.8) is 0 Å². The van der Waals surface area contributed by atoms with Crippen molar-refractivity contribution in [2.45, 2.75) is 0 Å². The van der Waals surface area contributed by atoms with Crippen LogP contribution in [0.15, 0.2) is 17.5 Å². The standard InChI is InChI=1S/C4H7NO/c1-5-3-4-6-2/h3-4H,1H2,2H3. The highest BCUT2D eigenvalue weighted by atomic mass is 16.5. The van der Waals surface area contributed by atoms with Crippen molar-refractivity contribution in [3.05, 3.63) is 12.5 Å². The summed E-state index contributed by atoms with van der Waals surface area (Å²) < 4.78 is 4.47. The summed E-state index contributed by atoms with van der Waals surface area (Å²) in [6.07, 6.45) is 2.92. The van der Waals surface area contributed by atoms with Crippen molar-refractivity contribution < 1.29 is 4.74 Å². The molecule has 34 valence electrons. The van der Waals surface area contributed by atoms with Gasteiger partial charge in [0, 0.05) is 0 Å². The summed E-state index contributed by atoms with van der Waals surface area (Å²) in [7, 11) is 1.56. The molecular formula is C4H7NO. The molecule has 0 aliphatic rings. The normalized spacial score (nSPS) is 8.83. The molecule has 0 unspecified atom stereocenters. The van der Waals surface area contributed by atoms with Gasteiger partial charge in [-0.05, 0) is 6.72 Å². The Morgan fingerprint density at radius 1 is 1.83 bits per heavy atom. The predicted molar refractivity (Wildman–Crippen MR) is 25.7 cm³/mol. The minimum Gasteiger partial charge on any atom is -0.503 e. The Morgan fingerprint density at radius 2 is 2.50 bits per heavy atom. The van der Waals surface area contributed by atoms with Crippen LogP contribution >= 0.6 is 0 Å². The third-order valence-corrected chi connectivity index (χ3v) is 0.302. The van der Waals surface area contributed by atoms with Crippen LogP contribution in [0.3, 0.4) is 0 Å². The average molecular weight is 85.1 g/mol. The molecule has 0 radical (unpaired) electrons. The molecule has 0 aromatic heterocycles. The van der Waals surface area contributed by atoms with E-state index in [0.717, 1.165) is 0 Å². The molecule has 0 aliphatic heterocycles. The molecule has 0 bridgehead atoms. The number of methoxy groups -OCH3 is 1. The van der Waals surface area contributed by atoms with Crippen LogP contribution in [0.5, 0.6) is 0 Å². The van der Waals surface area contributed by atoms with Crippen molar-refractivity contribution >= 4 is 6.72 Å². The number of ether oxygens (including phenoxy) is 1. The molecule has 0 N–H and O–H groups in total. The van der Waals surface area contributed by atoms with Crippen LogP contribution in [-0.2, 0) is 4.74 Å². The molecule has 0 atom stereocenters. The molecule has 0 aliphatic carbocycles. The van der Waals surface area contributed by atoms with Crippen LogP contribution in [0.2, 0.25) is 0 Å². The molecule has 0 fully saturated rings. The molecule has 0 spiro atoms. The second-order valence-corrected chi connectivity index (χ2v) is 0.703. The van der Waals surface area contributed by atoms with Crippen LogP contribution in [0, 0.1) is 0 Å². The van der Waals surface area contributed by atoms with E-state index in [1.54, 1.807) is 7.11 Å². The van der Waals surface area contributed by atoms with Crippen LogP contribution in [0.4, 0.5) is 0 Å². The van der Waals surface area contributed by atoms with E-state index >= 15 is 0 Å². The van der Waals surface area contributed by atoms with E-state index in [2.05, 4.69) is 16.4 Å². The predicted octanol–water partition coefficient (Wildman–Crippen LogP) is 0.805. The Labute approximate surface area is 37.2 Å². The first-order valence-electron chi connectivity index (χ1n) is 1.55. The van der Waals surface area contributed by atoms with E-state index in [9.17, 15) is 0 Å². The van der Waals surface area contributed by atoms with Crippen LogP contribution in [0.25, 0.3) is 0 Å². The summed E-state index contributed by atoms with van der Waals surface area (Å²) >= 11 is 0. The maximum Gasteiger partial charge on any atom is 0.101 e. The van der Waals surface area contributed by atoms with Gasteiger partial charge in [-0.1, -0.05) is 0 Å². The molecule has 2 nitrogen and oxygen atoms in total. The smallest absolute Gasteiger partial charge is 0.101 e. The van der Waals surface area contributed by atoms with Crippen LogP contribution < -0.4 is 0 Å². The third-order valence-electron chi connectivity index (χ3n) is 0.302. The second-order valence-electron chi connectivity index (χ2n) is 0.703. The van der Waals surface area contributed by atoms with E-state index in [-0.39, 0.29) is 0 Å². The van der Waals surface area contributed by atoms with E-state index in [4.69, 9.17) is 0 Å². The van der Waals surface area contributed by atoms with Crippen LogP contribution in [-0.4, -0.2) is 13.8 Å². The van der Waals surface area contributed by atoms with Gasteiger partial charge >= 0.3 is 0 Å². The average Bonchev–Trinajstić information content (AvgIpc) is 1.61. The number of hydrogen-bond donors (Lipinski definition) is 0. The summed E-state index contributed by atoms with van der Waals surface area (Å²) in [6, 6.07) is 0.